The van der Waals surface area contributed by atoms with Gasteiger partial charge in [-0.25, -0.2) is 0 Å². The maximum absolute atomic E-state index is 11.5. The maximum atomic E-state index is 11.5. The van der Waals surface area contributed by atoms with Gasteiger partial charge in [0.15, 0.2) is 5.69 Å². The Morgan fingerprint density at radius 2 is 2.33 bits per heavy atom. The number of aliphatic hydroxyl groups is 1. The Labute approximate surface area is 91.7 Å². The Morgan fingerprint density at radius 3 is 2.93 bits per heavy atom. The molecule has 1 aliphatic rings. The molecule has 1 heterocycles. The third kappa shape index (κ3) is 2.51. The van der Waals surface area contributed by atoms with Gasteiger partial charge in [0.25, 0.3) is 5.91 Å². The molecule has 82 valence electrons. The summed E-state index contributed by atoms with van der Waals surface area (Å²) >= 11 is 1.14. The Morgan fingerprint density at radius 1 is 1.60 bits per heavy atom. The van der Waals surface area contributed by atoms with Gasteiger partial charge in [0.05, 0.1) is 5.60 Å². The molecule has 0 radical (unpaired) electrons. The van der Waals surface area contributed by atoms with Crippen LogP contribution in [-0.2, 0) is 0 Å². The second-order valence-corrected chi connectivity index (χ2v) is 4.51. The van der Waals surface area contributed by atoms with Crippen LogP contribution < -0.4 is 5.32 Å². The maximum Gasteiger partial charge on any atom is 0.272 e. The van der Waals surface area contributed by atoms with Crippen LogP contribution in [0.5, 0.6) is 0 Å². The molecule has 5 nitrogen and oxygen atoms in total. The molecule has 1 aromatic heterocycles. The lowest BCUT2D eigenvalue weighted by atomic mass is 10.0. The Bertz CT molecular complexity index is 333. The van der Waals surface area contributed by atoms with Crippen molar-refractivity contribution in [1.82, 2.24) is 14.9 Å². The molecule has 0 unspecified atom stereocenters. The molecule has 0 spiro atoms. The predicted octanol–water partition coefficient (Wildman–Crippen LogP) is 0.573. The Hall–Kier alpha value is -1.01. The van der Waals surface area contributed by atoms with E-state index in [1.165, 1.54) is 0 Å². The van der Waals surface area contributed by atoms with Crippen molar-refractivity contribution in [3.8, 4) is 0 Å². The Kier molecular flexibility index (Phi) is 2.97. The fraction of sp³-hybridized carbons (Fsp3) is 0.667. The first-order chi connectivity index (χ1) is 7.20. The van der Waals surface area contributed by atoms with Gasteiger partial charge in [0.1, 0.15) is 0 Å². The lowest BCUT2D eigenvalue weighted by molar-refractivity contribution is 0.0448. The van der Waals surface area contributed by atoms with Gasteiger partial charge < -0.3 is 10.4 Å². The van der Waals surface area contributed by atoms with Gasteiger partial charge in [-0.15, -0.1) is 5.10 Å². The smallest absolute Gasteiger partial charge is 0.272 e. The SMILES string of the molecule is O=C(NCC1(O)CCCC1)c1csnn1. The van der Waals surface area contributed by atoms with Crippen LogP contribution in [0.3, 0.4) is 0 Å². The van der Waals surface area contributed by atoms with Crippen molar-refractivity contribution in [2.24, 2.45) is 0 Å². The van der Waals surface area contributed by atoms with Crippen LogP contribution >= 0.6 is 11.5 Å². The van der Waals surface area contributed by atoms with Crippen LogP contribution in [0.2, 0.25) is 0 Å². The Balaban J connectivity index is 1.85. The van der Waals surface area contributed by atoms with Gasteiger partial charge in [-0.3, -0.25) is 4.79 Å². The van der Waals surface area contributed by atoms with Crippen LogP contribution in [0.4, 0.5) is 0 Å². The zero-order valence-electron chi connectivity index (χ0n) is 8.27. The molecule has 1 amide bonds. The molecule has 0 saturated heterocycles. The summed E-state index contributed by atoms with van der Waals surface area (Å²) in [5, 5.41) is 17.9. The van der Waals surface area contributed by atoms with Crippen molar-refractivity contribution in [1.29, 1.82) is 0 Å². The van der Waals surface area contributed by atoms with Gasteiger partial charge in [0, 0.05) is 11.9 Å². The van der Waals surface area contributed by atoms with Gasteiger partial charge in [-0.2, -0.15) is 0 Å². The molecule has 0 aromatic carbocycles. The van der Waals surface area contributed by atoms with Crippen molar-refractivity contribution in [3.05, 3.63) is 11.1 Å². The molecular formula is C9H13N3O2S. The highest BCUT2D eigenvalue weighted by Crippen LogP contribution is 2.28. The molecule has 1 saturated carbocycles. The van der Waals surface area contributed by atoms with Crippen molar-refractivity contribution < 1.29 is 9.90 Å². The summed E-state index contributed by atoms with van der Waals surface area (Å²) in [6, 6.07) is 0. The highest BCUT2D eigenvalue weighted by atomic mass is 32.1. The average Bonchev–Trinajstić information content (AvgIpc) is 2.85. The topological polar surface area (TPSA) is 75.1 Å². The van der Waals surface area contributed by atoms with Gasteiger partial charge >= 0.3 is 0 Å². The summed E-state index contributed by atoms with van der Waals surface area (Å²) < 4.78 is 3.61. The second kappa shape index (κ2) is 4.24. The fourth-order valence-electron chi connectivity index (χ4n) is 1.81. The zero-order valence-corrected chi connectivity index (χ0v) is 9.09. The van der Waals surface area contributed by atoms with Crippen molar-refractivity contribution >= 4 is 17.4 Å². The number of amides is 1. The molecule has 1 aliphatic carbocycles. The van der Waals surface area contributed by atoms with E-state index in [-0.39, 0.29) is 5.91 Å². The molecule has 6 heteroatoms. The summed E-state index contributed by atoms with van der Waals surface area (Å²) in [5.74, 6) is -0.260. The predicted molar refractivity (Wildman–Crippen MR) is 55.7 cm³/mol. The van der Waals surface area contributed by atoms with Crippen molar-refractivity contribution in [2.45, 2.75) is 31.3 Å². The number of nitrogens with one attached hydrogen (secondary N) is 1. The van der Waals surface area contributed by atoms with E-state index in [0.29, 0.717) is 12.2 Å². The molecular weight excluding hydrogens is 214 g/mol. The van der Waals surface area contributed by atoms with Gasteiger partial charge in [0.2, 0.25) is 0 Å². The summed E-state index contributed by atoms with van der Waals surface area (Å²) in [6.45, 7) is 0.309. The fourth-order valence-corrected chi connectivity index (χ4v) is 2.25. The second-order valence-electron chi connectivity index (χ2n) is 3.90. The minimum atomic E-state index is -0.709. The highest BCUT2D eigenvalue weighted by Gasteiger charge is 2.31. The van der Waals surface area contributed by atoms with Crippen molar-refractivity contribution in [2.75, 3.05) is 6.54 Å². The van der Waals surface area contributed by atoms with E-state index in [1.807, 2.05) is 0 Å². The summed E-state index contributed by atoms with van der Waals surface area (Å²) in [6.07, 6.45) is 3.60. The monoisotopic (exact) mass is 227 g/mol. The van der Waals surface area contributed by atoms with Crippen LogP contribution in [0.1, 0.15) is 36.2 Å². The first-order valence-corrected chi connectivity index (χ1v) is 5.81. The number of nitrogens with zero attached hydrogens (tertiary/aromatic N) is 2. The normalized spacial score (nSPS) is 19.0. The highest BCUT2D eigenvalue weighted by molar-refractivity contribution is 7.03. The van der Waals surface area contributed by atoms with E-state index >= 15 is 0 Å². The first kappa shape index (κ1) is 10.5. The minimum Gasteiger partial charge on any atom is -0.388 e. The van der Waals surface area contributed by atoms with Crippen LogP contribution in [0.15, 0.2) is 5.38 Å². The van der Waals surface area contributed by atoms with Crippen LogP contribution in [0, 0.1) is 0 Å². The molecule has 15 heavy (non-hydrogen) atoms. The van der Waals surface area contributed by atoms with Crippen LogP contribution in [0.25, 0.3) is 0 Å². The number of rotatable bonds is 3. The van der Waals surface area contributed by atoms with Gasteiger partial charge in [-0.1, -0.05) is 17.3 Å². The quantitative estimate of drug-likeness (QED) is 0.791. The first-order valence-electron chi connectivity index (χ1n) is 4.97. The molecule has 0 aliphatic heterocycles. The molecule has 0 bridgehead atoms. The number of hydrogen-bond donors (Lipinski definition) is 2. The summed E-state index contributed by atoms with van der Waals surface area (Å²) in [5.41, 5.74) is -0.388. The number of hydrogen-bond acceptors (Lipinski definition) is 5. The number of aromatic nitrogens is 2. The lowest BCUT2D eigenvalue weighted by Gasteiger charge is -2.21. The van der Waals surface area contributed by atoms with Gasteiger partial charge in [-0.05, 0) is 24.4 Å². The third-order valence-corrected chi connectivity index (χ3v) is 3.21. The minimum absolute atomic E-state index is 0.260. The number of carbonyl (C=O) groups excluding carboxylic acids is 1. The van der Waals surface area contributed by atoms with E-state index in [2.05, 4.69) is 14.9 Å². The van der Waals surface area contributed by atoms with E-state index in [9.17, 15) is 9.90 Å². The third-order valence-electron chi connectivity index (χ3n) is 2.70. The van der Waals surface area contributed by atoms with E-state index in [4.69, 9.17) is 0 Å². The van der Waals surface area contributed by atoms with E-state index in [0.717, 1.165) is 37.2 Å². The van der Waals surface area contributed by atoms with E-state index < -0.39 is 5.60 Å². The molecule has 1 aromatic rings. The molecule has 0 atom stereocenters. The molecule has 2 N–H and O–H groups in total. The van der Waals surface area contributed by atoms with E-state index in [1.54, 1.807) is 5.38 Å². The summed E-state index contributed by atoms with van der Waals surface area (Å²) in [7, 11) is 0. The summed E-state index contributed by atoms with van der Waals surface area (Å²) in [4.78, 5) is 11.5. The van der Waals surface area contributed by atoms with Crippen LogP contribution in [-0.4, -0.2) is 32.7 Å². The zero-order chi connectivity index (χ0) is 10.7. The standard InChI is InChI=1S/C9H13N3O2S/c13-8(7-5-15-12-11-7)10-6-9(14)3-1-2-4-9/h5,14H,1-4,6H2,(H,10,13). The largest absolute Gasteiger partial charge is 0.388 e. The molecule has 2 rings (SSSR count). The molecule has 1 fully saturated rings. The lowest BCUT2D eigenvalue weighted by Crippen LogP contribution is -2.40. The average molecular weight is 227 g/mol. The number of carbonyl (C=O) groups is 1. The van der Waals surface area contributed by atoms with Crippen molar-refractivity contribution in [3.63, 3.8) is 0 Å².